The summed E-state index contributed by atoms with van der Waals surface area (Å²) in [5.74, 6) is 0. The zero-order chi connectivity index (χ0) is 11.8. The maximum atomic E-state index is 11.7. The zero-order valence-electron chi connectivity index (χ0n) is 9.56. The van der Waals surface area contributed by atoms with Gasteiger partial charge in [0.25, 0.3) is 0 Å². The van der Waals surface area contributed by atoms with Gasteiger partial charge in [-0.05, 0) is 25.5 Å². The van der Waals surface area contributed by atoms with Crippen LogP contribution in [-0.4, -0.2) is 18.2 Å². The number of amides is 1. The van der Waals surface area contributed by atoms with Crippen molar-refractivity contribution >= 4 is 11.8 Å². The normalized spacial score (nSPS) is 18.7. The van der Waals surface area contributed by atoms with Crippen LogP contribution in [0.5, 0.6) is 0 Å². The lowest BCUT2D eigenvalue weighted by Crippen LogP contribution is -2.29. The molecule has 0 aliphatic carbocycles. The minimum absolute atomic E-state index is 0.300. The smallest absolute Gasteiger partial charge is 0.415 e. The van der Waals surface area contributed by atoms with Crippen molar-refractivity contribution in [1.29, 1.82) is 0 Å². The molecule has 0 aromatic heterocycles. The second-order valence-electron chi connectivity index (χ2n) is 4.55. The minimum Gasteiger partial charge on any atom is -0.441 e. The standard InChI is InChI=1S/C12H16N2O2/c1-12(2)8-14(11(15)16-12)10-6-4-3-5-9(10)7-13/h3-6H,7-8,13H2,1-2H3. The number of nitrogens with zero attached hydrogens (tertiary/aromatic N) is 1. The van der Waals surface area contributed by atoms with Crippen molar-refractivity contribution < 1.29 is 9.53 Å². The highest BCUT2D eigenvalue weighted by Gasteiger charge is 2.38. The van der Waals surface area contributed by atoms with Crippen LogP contribution < -0.4 is 10.6 Å². The van der Waals surface area contributed by atoms with Crippen LogP contribution in [0.3, 0.4) is 0 Å². The van der Waals surface area contributed by atoms with Crippen molar-refractivity contribution in [3.05, 3.63) is 29.8 Å². The fourth-order valence-electron chi connectivity index (χ4n) is 1.90. The molecule has 1 aliphatic rings. The van der Waals surface area contributed by atoms with Crippen LogP contribution in [0.25, 0.3) is 0 Å². The number of anilines is 1. The largest absolute Gasteiger partial charge is 0.441 e. The third kappa shape index (κ3) is 1.88. The molecule has 1 heterocycles. The Morgan fingerprint density at radius 3 is 2.69 bits per heavy atom. The van der Waals surface area contributed by atoms with Gasteiger partial charge in [0.1, 0.15) is 5.60 Å². The van der Waals surface area contributed by atoms with E-state index in [0.717, 1.165) is 11.3 Å². The third-order valence-corrected chi connectivity index (χ3v) is 2.63. The Morgan fingerprint density at radius 2 is 2.12 bits per heavy atom. The van der Waals surface area contributed by atoms with Crippen molar-refractivity contribution in [3.63, 3.8) is 0 Å². The molecule has 1 aliphatic heterocycles. The predicted molar refractivity (Wildman–Crippen MR) is 62.2 cm³/mol. The van der Waals surface area contributed by atoms with Gasteiger partial charge >= 0.3 is 6.09 Å². The molecule has 0 unspecified atom stereocenters. The lowest BCUT2D eigenvalue weighted by atomic mass is 10.1. The van der Waals surface area contributed by atoms with Gasteiger partial charge in [-0.2, -0.15) is 0 Å². The van der Waals surface area contributed by atoms with Gasteiger partial charge in [0.05, 0.1) is 12.2 Å². The van der Waals surface area contributed by atoms with Crippen LogP contribution in [0.4, 0.5) is 10.5 Å². The number of carbonyl (C=O) groups excluding carboxylic acids is 1. The van der Waals surface area contributed by atoms with Crippen LogP contribution in [-0.2, 0) is 11.3 Å². The topological polar surface area (TPSA) is 55.6 Å². The summed E-state index contributed by atoms with van der Waals surface area (Å²) in [7, 11) is 0. The first-order valence-electron chi connectivity index (χ1n) is 5.32. The van der Waals surface area contributed by atoms with Crippen molar-refractivity contribution in [1.82, 2.24) is 0 Å². The molecule has 4 heteroatoms. The Kier molecular flexibility index (Phi) is 2.59. The Balaban J connectivity index is 2.35. The lowest BCUT2D eigenvalue weighted by molar-refractivity contribution is 0.0871. The molecule has 1 aromatic carbocycles. The molecule has 0 spiro atoms. The number of cyclic esters (lactones) is 1. The Hall–Kier alpha value is -1.55. The molecule has 4 nitrogen and oxygen atoms in total. The summed E-state index contributed by atoms with van der Waals surface area (Å²) in [5, 5.41) is 0. The molecule has 0 bridgehead atoms. The first-order valence-corrected chi connectivity index (χ1v) is 5.32. The fraction of sp³-hybridized carbons (Fsp3) is 0.417. The molecule has 2 rings (SSSR count). The number of hydrogen-bond acceptors (Lipinski definition) is 3. The fourth-order valence-corrected chi connectivity index (χ4v) is 1.90. The van der Waals surface area contributed by atoms with E-state index >= 15 is 0 Å². The lowest BCUT2D eigenvalue weighted by Gasteiger charge is -2.18. The van der Waals surface area contributed by atoms with Crippen molar-refractivity contribution in [2.24, 2.45) is 5.73 Å². The van der Waals surface area contributed by atoms with E-state index in [1.54, 1.807) is 4.90 Å². The van der Waals surface area contributed by atoms with Crippen molar-refractivity contribution in [2.45, 2.75) is 26.0 Å². The van der Waals surface area contributed by atoms with Crippen LogP contribution in [0.15, 0.2) is 24.3 Å². The van der Waals surface area contributed by atoms with Gasteiger partial charge in [0, 0.05) is 6.54 Å². The molecular formula is C12H16N2O2. The third-order valence-electron chi connectivity index (χ3n) is 2.63. The van der Waals surface area contributed by atoms with E-state index in [0.29, 0.717) is 13.1 Å². The number of nitrogens with two attached hydrogens (primary N) is 1. The van der Waals surface area contributed by atoms with Gasteiger partial charge in [0.15, 0.2) is 0 Å². The maximum Gasteiger partial charge on any atom is 0.415 e. The highest BCUT2D eigenvalue weighted by Crippen LogP contribution is 2.29. The highest BCUT2D eigenvalue weighted by molar-refractivity contribution is 5.91. The molecule has 86 valence electrons. The summed E-state index contributed by atoms with van der Waals surface area (Å²) >= 11 is 0. The zero-order valence-corrected chi connectivity index (χ0v) is 9.56. The summed E-state index contributed by atoms with van der Waals surface area (Å²) in [4.78, 5) is 13.4. The molecule has 1 aromatic rings. The summed E-state index contributed by atoms with van der Waals surface area (Å²) in [5.41, 5.74) is 7.02. The van der Waals surface area contributed by atoms with Gasteiger partial charge in [-0.25, -0.2) is 4.79 Å². The van der Waals surface area contributed by atoms with Crippen LogP contribution in [0.1, 0.15) is 19.4 Å². The quantitative estimate of drug-likeness (QED) is 0.828. The van der Waals surface area contributed by atoms with Crippen molar-refractivity contribution in [3.8, 4) is 0 Å². The predicted octanol–water partition coefficient (Wildman–Crippen LogP) is 1.88. The van der Waals surface area contributed by atoms with Crippen LogP contribution in [0, 0.1) is 0 Å². The second kappa shape index (κ2) is 3.79. The molecular weight excluding hydrogens is 204 g/mol. The SMILES string of the molecule is CC1(C)CN(c2ccccc2CN)C(=O)O1. The Bertz CT molecular complexity index is 415. The molecule has 1 amide bonds. The number of rotatable bonds is 2. The van der Waals surface area contributed by atoms with E-state index in [4.69, 9.17) is 10.5 Å². The second-order valence-corrected chi connectivity index (χ2v) is 4.55. The molecule has 0 saturated carbocycles. The molecule has 16 heavy (non-hydrogen) atoms. The van der Waals surface area contributed by atoms with E-state index in [2.05, 4.69) is 0 Å². The molecule has 1 saturated heterocycles. The van der Waals surface area contributed by atoms with Gasteiger partial charge < -0.3 is 10.5 Å². The summed E-state index contributed by atoms with van der Waals surface area (Å²) in [6.45, 7) is 4.77. The minimum atomic E-state index is -0.432. The monoisotopic (exact) mass is 220 g/mol. The number of ether oxygens (including phenoxy) is 1. The van der Waals surface area contributed by atoms with Crippen LogP contribution >= 0.6 is 0 Å². The Labute approximate surface area is 95.0 Å². The summed E-state index contributed by atoms with van der Waals surface area (Å²) in [6, 6.07) is 7.63. The number of carbonyl (C=O) groups is 1. The van der Waals surface area contributed by atoms with E-state index in [9.17, 15) is 4.79 Å². The van der Waals surface area contributed by atoms with Crippen molar-refractivity contribution in [2.75, 3.05) is 11.4 Å². The molecule has 1 fully saturated rings. The van der Waals surface area contributed by atoms with E-state index in [1.165, 1.54) is 0 Å². The van der Waals surface area contributed by atoms with Gasteiger partial charge in [-0.3, -0.25) is 4.90 Å². The molecule has 2 N–H and O–H groups in total. The first-order chi connectivity index (χ1) is 7.53. The van der Waals surface area contributed by atoms with Crippen LogP contribution in [0.2, 0.25) is 0 Å². The number of para-hydroxylation sites is 1. The first kappa shape index (κ1) is 11.0. The maximum absolute atomic E-state index is 11.7. The van der Waals surface area contributed by atoms with E-state index in [1.807, 2.05) is 38.1 Å². The Morgan fingerprint density at radius 1 is 1.44 bits per heavy atom. The molecule has 0 radical (unpaired) electrons. The van der Waals surface area contributed by atoms with Gasteiger partial charge in [0.2, 0.25) is 0 Å². The van der Waals surface area contributed by atoms with Gasteiger partial charge in [-0.15, -0.1) is 0 Å². The van der Waals surface area contributed by atoms with Gasteiger partial charge in [-0.1, -0.05) is 18.2 Å². The average Bonchev–Trinajstić information content (AvgIpc) is 2.52. The average molecular weight is 220 g/mol. The summed E-state index contributed by atoms with van der Waals surface area (Å²) in [6.07, 6.45) is -0.300. The summed E-state index contributed by atoms with van der Waals surface area (Å²) < 4.78 is 5.26. The van der Waals surface area contributed by atoms with E-state index < -0.39 is 5.60 Å². The number of benzene rings is 1. The number of hydrogen-bond donors (Lipinski definition) is 1. The van der Waals surface area contributed by atoms with E-state index in [-0.39, 0.29) is 6.09 Å². The molecule has 0 atom stereocenters. The highest BCUT2D eigenvalue weighted by atomic mass is 16.6.